The van der Waals surface area contributed by atoms with Crippen molar-refractivity contribution in [1.29, 1.82) is 0 Å². The molecule has 2 aliphatic rings. The SMILES string of the molecule is COc1nccc(-c2c[nH]c3nc(N4CCC5(CC4)COC[C@H]5N)[nH]c(=O)c23)c1Cl. The molecule has 5 rings (SSSR count). The number of aromatic nitrogens is 4. The van der Waals surface area contributed by atoms with Crippen molar-refractivity contribution in [3.05, 3.63) is 33.8 Å². The first-order valence-electron chi connectivity index (χ1n) is 9.91. The summed E-state index contributed by atoms with van der Waals surface area (Å²) in [5, 5.41) is 0.800. The normalized spacial score (nSPS) is 20.9. The Hall–Kier alpha value is -2.62. The van der Waals surface area contributed by atoms with E-state index in [4.69, 9.17) is 26.8 Å². The van der Waals surface area contributed by atoms with E-state index >= 15 is 0 Å². The van der Waals surface area contributed by atoms with Crippen molar-refractivity contribution >= 4 is 28.6 Å². The molecule has 9 nitrogen and oxygen atoms in total. The maximum atomic E-state index is 13.0. The van der Waals surface area contributed by atoms with Gasteiger partial charge < -0.3 is 25.1 Å². The summed E-state index contributed by atoms with van der Waals surface area (Å²) in [5.74, 6) is 0.863. The predicted octanol–water partition coefficient (Wildman–Crippen LogP) is 1.92. The van der Waals surface area contributed by atoms with E-state index in [2.05, 4.69) is 24.8 Å². The van der Waals surface area contributed by atoms with Gasteiger partial charge in [0, 0.05) is 48.1 Å². The maximum Gasteiger partial charge on any atom is 0.262 e. The highest BCUT2D eigenvalue weighted by Gasteiger charge is 2.44. The van der Waals surface area contributed by atoms with Crippen LogP contribution in [-0.4, -0.2) is 59.4 Å². The molecule has 0 amide bonds. The zero-order valence-corrected chi connectivity index (χ0v) is 17.3. The van der Waals surface area contributed by atoms with E-state index in [1.165, 1.54) is 7.11 Å². The van der Waals surface area contributed by atoms with Gasteiger partial charge in [-0.15, -0.1) is 0 Å². The van der Waals surface area contributed by atoms with E-state index in [0.717, 1.165) is 25.9 Å². The van der Waals surface area contributed by atoms with Crippen LogP contribution < -0.4 is 20.9 Å². The lowest BCUT2D eigenvalue weighted by atomic mass is 9.75. The van der Waals surface area contributed by atoms with Gasteiger partial charge in [0.2, 0.25) is 11.8 Å². The molecule has 158 valence electrons. The zero-order valence-electron chi connectivity index (χ0n) is 16.6. The van der Waals surface area contributed by atoms with E-state index < -0.39 is 0 Å². The number of aromatic amines is 2. The molecule has 2 saturated heterocycles. The van der Waals surface area contributed by atoms with Gasteiger partial charge in [0.05, 0.1) is 25.7 Å². The Bertz CT molecular complexity index is 1150. The third-order valence-electron chi connectivity index (χ3n) is 6.40. The number of piperidine rings is 1. The number of hydrogen-bond acceptors (Lipinski definition) is 7. The fourth-order valence-corrected chi connectivity index (χ4v) is 4.81. The number of nitrogens with zero attached hydrogens (tertiary/aromatic N) is 3. The molecule has 0 aromatic carbocycles. The number of ether oxygens (including phenoxy) is 2. The molecule has 1 spiro atoms. The molecule has 30 heavy (non-hydrogen) atoms. The number of hydrogen-bond donors (Lipinski definition) is 3. The first-order valence-corrected chi connectivity index (χ1v) is 10.3. The smallest absolute Gasteiger partial charge is 0.262 e. The van der Waals surface area contributed by atoms with Gasteiger partial charge in [0.15, 0.2) is 0 Å². The lowest BCUT2D eigenvalue weighted by molar-refractivity contribution is 0.131. The second-order valence-corrected chi connectivity index (χ2v) is 8.35. The number of anilines is 1. The summed E-state index contributed by atoms with van der Waals surface area (Å²) in [6.45, 7) is 2.87. The number of H-pyrrole nitrogens is 2. The molecule has 3 aromatic rings. The standard InChI is InChI=1S/C20H23ClN6O3/c1-29-18-15(21)11(2-5-23-18)12-8-24-16-14(12)17(28)26-19(25-16)27-6-3-20(4-7-27)10-30-9-13(20)22/h2,5,8,13H,3-4,6-7,9-10,22H2,1H3,(H2,24,25,26,28)/t13-/m1/s1. The van der Waals surface area contributed by atoms with Crippen LogP contribution in [0.2, 0.25) is 5.02 Å². The Morgan fingerprint density at radius 2 is 2.17 bits per heavy atom. The molecule has 4 N–H and O–H groups in total. The van der Waals surface area contributed by atoms with Gasteiger partial charge >= 0.3 is 0 Å². The van der Waals surface area contributed by atoms with Gasteiger partial charge in [-0.3, -0.25) is 9.78 Å². The molecule has 0 radical (unpaired) electrons. The first kappa shape index (κ1) is 19.3. The molecule has 1 atom stereocenters. The molecule has 0 unspecified atom stereocenters. The van der Waals surface area contributed by atoms with Gasteiger partial charge in [0.25, 0.3) is 5.56 Å². The highest BCUT2D eigenvalue weighted by molar-refractivity contribution is 6.35. The molecule has 3 aromatic heterocycles. The van der Waals surface area contributed by atoms with E-state index in [1.807, 2.05) is 0 Å². The van der Waals surface area contributed by atoms with Gasteiger partial charge in [-0.25, -0.2) is 4.98 Å². The lowest BCUT2D eigenvalue weighted by Gasteiger charge is -2.40. The van der Waals surface area contributed by atoms with Crippen LogP contribution in [0.15, 0.2) is 23.3 Å². The van der Waals surface area contributed by atoms with Crippen LogP contribution >= 0.6 is 11.6 Å². The summed E-state index contributed by atoms with van der Waals surface area (Å²) >= 11 is 6.41. The molecule has 2 fully saturated rings. The average Bonchev–Trinajstić information content (AvgIpc) is 3.33. The minimum absolute atomic E-state index is 0.0393. The van der Waals surface area contributed by atoms with Crippen LogP contribution in [0.4, 0.5) is 5.95 Å². The number of pyridine rings is 1. The van der Waals surface area contributed by atoms with Crippen molar-refractivity contribution in [2.24, 2.45) is 11.1 Å². The second-order valence-electron chi connectivity index (χ2n) is 7.97. The van der Waals surface area contributed by atoms with E-state index in [9.17, 15) is 4.79 Å². The van der Waals surface area contributed by atoms with Crippen molar-refractivity contribution < 1.29 is 9.47 Å². The fraction of sp³-hybridized carbons (Fsp3) is 0.450. The Kier molecular flexibility index (Phi) is 4.68. The summed E-state index contributed by atoms with van der Waals surface area (Å²) in [6.07, 6.45) is 5.16. The van der Waals surface area contributed by atoms with Crippen molar-refractivity contribution in [1.82, 2.24) is 19.9 Å². The van der Waals surface area contributed by atoms with Crippen LogP contribution in [-0.2, 0) is 4.74 Å². The number of fused-ring (bicyclic) bond motifs is 1. The van der Waals surface area contributed by atoms with Gasteiger partial charge in [0.1, 0.15) is 10.7 Å². The number of nitrogens with one attached hydrogen (secondary N) is 2. The predicted molar refractivity (Wildman–Crippen MR) is 114 cm³/mol. The fourth-order valence-electron chi connectivity index (χ4n) is 4.52. The van der Waals surface area contributed by atoms with E-state index in [-0.39, 0.29) is 17.0 Å². The van der Waals surface area contributed by atoms with Gasteiger partial charge in [-0.05, 0) is 18.9 Å². The molecule has 2 aliphatic heterocycles. The highest BCUT2D eigenvalue weighted by atomic mass is 35.5. The Balaban J connectivity index is 1.47. The molecule has 5 heterocycles. The Labute approximate surface area is 177 Å². The van der Waals surface area contributed by atoms with Gasteiger partial charge in [-0.1, -0.05) is 11.6 Å². The first-order chi connectivity index (χ1) is 14.5. The van der Waals surface area contributed by atoms with E-state index in [1.54, 1.807) is 18.5 Å². The Morgan fingerprint density at radius 3 is 2.87 bits per heavy atom. The summed E-state index contributed by atoms with van der Waals surface area (Å²) in [4.78, 5) is 29.9. The number of nitrogens with two attached hydrogens (primary N) is 1. The van der Waals surface area contributed by atoms with E-state index in [0.29, 0.717) is 52.2 Å². The topological polar surface area (TPSA) is 122 Å². The molecule has 0 bridgehead atoms. The van der Waals surface area contributed by atoms with Crippen molar-refractivity contribution in [3.63, 3.8) is 0 Å². The lowest BCUT2D eigenvalue weighted by Crippen LogP contribution is -2.49. The van der Waals surface area contributed by atoms with Crippen LogP contribution in [0, 0.1) is 5.41 Å². The minimum atomic E-state index is -0.223. The highest BCUT2D eigenvalue weighted by Crippen LogP contribution is 2.39. The third-order valence-corrected chi connectivity index (χ3v) is 6.77. The van der Waals surface area contributed by atoms with Crippen molar-refractivity contribution in [3.8, 4) is 17.0 Å². The van der Waals surface area contributed by atoms with Crippen LogP contribution in [0.1, 0.15) is 12.8 Å². The largest absolute Gasteiger partial charge is 0.480 e. The second kappa shape index (κ2) is 7.26. The summed E-state index contributed by atoms with van der Waals surface area (Å²) < 4.78 is 10.8. The van der Waals surface area contributed by atoms with Crippen LogP contribution in [0.5, 0.6) is 5.88 Å². The van der Waals surface area contributed by atoms with Crippen molar-refractivity contribution in [2.75, 3.05) is 38.3 Å². The average molecular weight is 431 g/mol. The van der Waals surface area contributed by atoms with Crippen LogP contribution in [0.25, 0.3) is 22.2 Å². The molecular weight excluding hydrogens is 408 g/mol. The monoisotopic (exact) mass is 430 g/mol. The molecular formula is C20H23ClN6O3. The number of methoxy groups -OCH3 is 1. The summed E-state index contributed by atoms with van der Waals surface area (Å²) in [6, 6.07) is 1.82. The minimum Gasteiger partial charge on any atom is -0.480 e. The molecule has 10 heteroatoms. The quantitative estimate of drug-likeness (QED) is 0.580. The number of halogens is 1. The molecule has 0 saturated carbocycles. The maximum absolute atomic E-state index is 13.0. The van der Waals surface area contributed by atoms with Gasteiger partial charge in [-0.2, -0.15) is 4.98 Å². The summed E-state index contributed by atoms with van der Waals surface area (Å²) in [5.41, 5.74) is 7.91. The summed E-state index contributed by atoms with van der Waals surface area (Å²) in [7, 11) is 1.50. The third kappa shape index (κ3) is 2.96. The Morgan fingerprint density at radius 1 is 1.37 bits per heavy atom. The van der Waals surface area contributed by atoms with Crippen molar-refractivity contribution in [2.45, 2.75) is 18.9 Å². The molecule has 0 aliphatic carbocycles. The zero-order chi connectivity index (χ0) is 20.9. The number of rotatable bonds is 3. The van der Waals surface area contributed by atoms with Crippen LogP contribution in [0.3, 0.4) is 0 Å².